The van der Waals surface area contributed by atoms with Gasteiger partial charge in [-0.05, 0) is 54.4 Å². The smallest absolute Gasteiger partial charge is 0.274 e. The number of nitrogens with two attached hydrogens (primary N) is 1. The van der Waals surface area contributed by atoms with E-state index in [0.717, 1.165) is 0 Å². The SMILES string of the molecule is COc1cccc(F)c1-c1nccc(C(=O)Nc2ccc(-c3c(F)cccc3C#N)cc2N2CC(N)CC2CO)n1. The quantitative estimate of drug-likeness (QED) is 0.309. The Morgan fingerprint density at radius 3 is 2.66 bits per heavy atom. The van der Waals surface area contributed by atoms with Crippen molar-refractivity contribution in [2.45, 2.75) is 18.5 Å². The molecule has 3 aromatic carbocycles. The van der Waals surface area contributed by atoms with Gasteiger partial charge < -0.3 is 25.8 Å². The van der Waals surface area contributed by atoms with Crippen LogP contribution in [0.5, 0.6) is 5.75 Å². The molecule has 1 saturated heterocycles. The lowest BCUT2D eigenvalue weighted by molar-refractivity contribution is 0.102. The highest BCUT2D eigenvalue weighted by molar-refractivity contribution is 6.05. The van der Waals surface area contributed by atoms with Gasteiger partial charge in [0.05, 0.1) is 48.3 Å². The molecule has 2 heterocycles. The first kappa shape index (κ1) is 27.6. The van der Waals surface area contributed by atoms with Gasteiger partial charge in [0, 0.05) is 24.3 Å². The van der Waals surface area contributed by atoms with E-state index in [1.165, 1.54) is 49.7 Å². The number of halogens is 2. The third-order valence-electron chi connectivity index (χ3n) is 6.94. The second-order valence-corrected chi connectivity index (χ2v) is 9.53. The van der Waals surface area contributed by atoms with Crippen LogP contribution in [0.25, 0.3) is 22.5 Å². The summed E-state index contributed by atoms with van der Waals surface area (Å²) in [4.78, 5) is 23.7. The largest absolute Gasteiger partial charge is 0.496 e. The molecule has 208 valence electrons. The summed E-state index contributed by atoms with van der Waals surface area (Å²) in [5.41, 5.74) is 7.71. The number of hydrogen-bond donors (Lipinski definition) is 3. The molecule has 4 aromatic rings. The van der Waals surface area contributed by atoms with Crippen LogP contribution in [0.2, 0.25) is 0 Å². The fourth-order valence-corrected chi connectivity index (χ4v) is 5.05. The molecule has 1 fully saturated rings. The molecule has 41 heavy (non-hydrogen) atoms. The summed E-state index contributed by atoms with van der Waals surface area (Å²) in [5.74, 6) is -1.60. The Balaban J connectivity index is 1.55. The summed E-state index contributed by atoms with van der Waals surface area (Å²) in [5, 5.41) is 22.4. The number of carbonyl (C=O) groups is 1. The Kier molecular flexibility index (Phi) is 7.87. The highest BCUT2D eigenvalue weighted by atomic mass is 19.1. The summed E-state index contributed by atoms with van der Waals surface area (Å²) >= 11 is 0. The number of benzene rings is 3. The minimum absolute atomic E-state index is 0.0183. The molecule has 2 unspecified atom stereocenters. The van der Waals surface area contributed by atoms with E-state index in [1.807, 2.05) is 11.0 Å². The molecule has 1 amide bonds. The normalized spacial score (nSPS) is 16.3. The zero-order valence-corrected chi connectivity index (χ0v) is 22.0. The van der Waals surface area contributed by atoms with Crippen molar-refractivity contribution in [3.63, 3.8) is 0 Å². The van der Waals surface area contributed by atoms with Gasteiger partial charge in [-0.25, -0.2) is 18.7 Å². The zero-order chi connectivity index (χ0) is 29.1. The molecule has 9 nitrogen and oxygen atoms in total. The van der Waals surface area contributed by atoms with E-state index in [1.54, 1.807) is 24.3 Å². The Morgan fingerprint density at radius 1 is 1.17 bits per heavy atom. The van der Waals surface area contributed by atoms with Crippen LogP contribution < -0.4 is 20.7 Å². The first-order valence-electron chi connectivity index (χ1n) is 12.8. The van der Waals surface area contributed by atoms with Gasteiger partial charge in [-0.1, -0.05) is 18.2 Å². The van der Waals surface area contributed by atoms with E-state index in [2.05, 4.69) is 15.3 Å². The molecule has 1 aliphatic rings. The standard InChI is InChI=1S/C30H26F2N6O3/c1-41-26-7-3-6-22(32)28(26)29-35-11-10-24(36-29)30(40)37-23-9-8-17(27-18(14-33)4-2-5-21(27)31)12-25(23)38-15-19(34)13-20(38)16-39/h2-12,19-20,39H,13,15-16,34H2,1H3,(H,37,40). The maximum atomic E-state index is 14.9. The molecule has 0 aliphatic carbocycles. The molecule has 4 N–H and O–H groups in total. The Bertz CT molecular complexity index is 1660. The number of hydrogen-bond acceptors (Lipinski definition) is 8. The van der Waals surface area contributed by atoms with E-state index in [0.29, 0.717) is 29.9 Å². The van der Waals surface area contributed by atoms with Gasteiger partial charge in [0.25, 0.3) is 5.91 Å². The number of methoxy groups -OCH3 is 1. The van der Waals surface area contributed by atoms with Crippen molar-refractivity contribution >= 4 is 17.3 Å². The van der Waals surface area contributed by atoms with Gasteiger partial charge in [-0.2, -0.15) is 5.26 Å². The Labute approximate surface area is 234 Å². The summed E-state index contributed by atoms with van der Waals surface area (Å²) in [7, 11) is 1.39. The number of aliphatic hydroxyl groups excluding tert-OH is 1. The average molecular weight is 557 g/mol. The zero-order valence-electron chi connectivity index (χ0n) is 22.0. The predicted octanol–water partition coefficient (Wildman–Crippen LogP) is 4.12. The van der Waals surface area contributed by atoms with Crippen molar-refractivity contribution < 1.29 is 23.4 Å². The van der Waals surface area contributed by atoms with Crippen LogP contribution in [0, 0.1) is 23.0 Å². The first-order valence-corrected chi connectivity index (χ1v) is 12.8. The van der Waals surface area contributed by atoms with Crippen molar-refractivity contribution in [3.8, 4) is 34.3 Å². The number of nitriles is 1. The second kappa shape index (κ2) is 11.7. The van der Waals surface area contributed by atoms with Crippen molar-refractivity contribution in [2.24, 2.45) is 5.73 Å². The van der Waals surface area contributed by atoms with Crippen LogP contribution in [0.1, 0.15) is 22.5 Å². The van der Waals surface area contributed by atoms with Crippen molar-refractivity contribution in [3.05, 3.63) is 89.8 Å². The maximum Gasteiger partial charge on any atom is 0.274 e. The third kappa shape index (κ3) is 5.43. The highest BCUT2D eigenvalue weighted by Gasteiger charge is 2.32. The molecule has 1 aliphatic heterocycles. The summed E-state index contributed by atoms with van der Waals surface area (Å²) < 4.78 is 34.8. The highest BCUT2D eigenvalue weighted by Crippen LogP contribution is 2.38. The van der Waals surface area contributed by atoms with Crippen LogP contribution in [0.3, 0.4) is 0 Å². The van der Waals surface area contributed by atoms with Gasteiger partial charge in [0.1, 0.15) is 23.1 Å². The van der Waals surface area contributed by atoms with Crippen LogP contribution in [0.15, 0.2) is 66.9 Å². The van der Waals surface area contributed by atoms with Crippen molar-refractivity contribution in [1.29, 1.82) is 5.26 Å². The molecule has 5 rings (SSSR count). The van der Waals surface area contributed by atoms with E-state index in [4.69, 9.17) is 10.5 Å². The minimum Gasteiger partial charge on any atom is -0.496 e. The van der Waals surface area contributed by atoms with Gasteiger partial charge in [-0.3, -0.25) is 4.79 Å². The number of rotatable bonds is 7. The second-order valence-electron chi connectivity index (χ2n) is 9.53. The summed E-state index contributed by atoms with van der Waals surface area (Å²) in [6.45, 7) is 0.193. The lowest BCUT2D eigenvalue weighted by atomic mass is 9.98. The number of anilines is 2. The van der Waals surface area contributed by atoms with Crippen LogP contribution in [-0.4, -0.2) is 53.3 Å². The molecular formula is C30H26F2N6O3. The molecular weight excluding hydrogens is 530 g/mol. The molecule has 0 bridgehead atoms. The summed E-state index contributed by atoms with van der Waals surface area (Å²) in [6, 6.07) is 16.2. The molecule has 11 heteroatoms. The Morgan fingerprint density at radius 2 is 1.93 bits per heavy atom. The number of nitrogens with one attached hydrogen (secondary N) is 1. The van der Waals surface area contributed by atoms with Crippen molar-refractivity contribution in [2.75, 3.05) is 30.5 Å². The van der Waals surface area contributed by atoms with Crippen LogP contribution in [-0.2, 0) is 0 Å². The van der Waals surface area contributed by atoms with Gasteiger partial charge >= 0.3 is 0 Å². The summed E-state index contributed by atoms with van der Waals surface area (Å²) in [6.07, 6.45) is 1.85. The number of amides is 1. The fourth-order valence-electron chi connectivity index (χ4n) is 5.05. The Hall–Kier alpha value is -4.92. The number of nitrogens with zero attached hydrogens (tertiary/aromatic N) is 4. The van der Waals surface area contributed by atoms with Crippen LogP contribution in [0.4, 0.5) is 20.2 Å². The molecule has 0 spiro atoms. The average Bonchev–Trinajstić information content (AvgIpc) is 3.37. The lowest BCUT2D eigenvalue weighted by Crippen LogP contribution is -2.33. The van der Waals surface area contributed by atoms with Crippen molar-refractivity contribution in [1.82, 2.24) is 9.97 Å². The molecule has 0 saturated carbocycles. The molecule has 1 aromatic heterocycles. The maximum absolute atomic E-state index is 14.9. The van der Waals surface area contributed by atoms with E-state index >= 15 is 0 Å². The van der Waals surface area contributed by atoms with E-state index in [-0.39, 0.29) is 52.6 Å². The molecule has 0 radical (unpaired) electrons. The number of carbonyl (C=O) groups excluding carboxylic acids is 1. The van der Waals surface area contributed by atoms with Gasteiger partial charge in [0.15, 0.2) is 5.82 Å². The van der Waals surface area contributed by atoms with Gasteiger partial charge in [0.2, 0.25) is 0 Å². The fraction of sp³-hybridized carbons (Fsp3) is 0.200. The number of ether oxygens (including phenoxy) is 1. The lowest BCUT2D eigenvalue weighted by Gasteiger charge is -2.28. The van der Waals surface area contributed by atoms with E-state index < -0.39 is 17.5 Å². The monoisotopic (exact) mass is 556 g/mol. The van der Waals surface area contributed by atoms with E-state index in [9.17, 15) is 23.9 Å². The minimum atomic E-state index is -0.606. The molecule has 2 atom stereocenters. The topological polar surface area (TPSA) is 137 Å². The van der Waals surface area contributed by atoms with Gasteiger partial charge in [-0.15, -0.1) is 0 Å². The predicted molar refractivity (Wildman–Crippen MR) is 149 cm³/mol. The van der Waals surface area contributed by atoms with Crippen LogP contribution >= 0.6 is 0 Å². The number of aliphatic hydroxyl groups is 1. The third-order valence-corrected chi connectivity index (χ3v) is 6.94. The first-order chi connectivity index (χ1) is 19.8. The number of aromatic nitrogens is 2.